The first-order valence-electron chi connectivity index (χ1n) is 6.46. The van der Waals surface area contributed by atoms with Gasteiger partial charge in [0.15, 0.2) is 0 Å². The average Bonchev–Trinajstić information content (AvgIpc) is 2.36. The van der Waals surface area contributed by atoms with E-state index in [4.69, 9.17) is 16.3 Å². The van der Waals surface area contributed by atoms with Crippen LogP contribution in [0, 0.1) is 0 Å². The van der Waals surface area contributed by atoms with Crippen molar-refractivity contribution in [2.24, 2.45) is 0 Å². The molecule has 1 aromatic rings. The Bertz CT molecular complexity index is 347. The van der Waals surface area contributed by atoms with Gasteiger partial charge in [0, 0.05) is 29.3 Å². The van der Waals surface area contributed by atoms with Crippen LogP contribution in [0.1, 0.15) is 31.7 Å². The summed E-state index contributed by atoms with van der Waals surface area (Å²) in [4.78, 5) is 0. The number of ether oxygens (including phenoxy) is 1. The van der Waals surface area contributed by atoms with Gasteiger partial charge in [-0.15, -0.1) is 0 Å². The molecule has 0 atom stereocenters. The molecule has 0 radical (unpaired) electrons. The number of rotatable bonds is 9. The molecule has 0 aliphatic heterocycles. The van der Waals surface area contributed by atoms with E-state index in [1.165, 1.54) is 6.42 Å². The van der Waals surface area contributed by atoms with E-state index in [0.29, 0.717) is 0 Å². The highest BCUT2D eigenvalue weighted by Gasteiger charge is 2.00. The Balaban J connectivity index is 2.09. The van der Waals surface area contributed by atoms with E-state index in [-0.39, 0.29) is 0 Å². The molecule has 1 rings (SSSR count). The van der Waals surface area contributed by atoms with Gasteiger partial charge in [0.2, 0.25) is 0 Å². The first kappa shape index (κ1) is 16.0. The third-order valence-electron chi connectivity index (χ3n) is 2.61. The van der Waals surface area contributed by atoms with Gasteiger partial charge in [-0.1, -0.05) is 40.9 Å². The van der Waals surface area contributed by atoms with Crippen molar-refractivity contribution < 1.29 is 4.74 Å². The zero-order chi connectivity index (χ0) is 13.2. The SMILES string of the molecule is CCCCOCCCNCc1cc(Br)ccc1Cl. The van der Waals surface area contributed by atoms with Gasteiger partial charge < -0.3 is 10.1 Å². The Morgan fingerprint density at radius 3 is 2.83 bits per heavy atom. The smallest absolute Gasteiger partial charge is 0.0478 e. The van der Waals surface area contributed by atoms with Gasteiger partial charge in [0.1, 0.15) is 0 Å². The zero-order valence-electron chi connectivity index (χ0n) is 10.8. The van der Waals surface area contributed by atoms with Crippen LogP contribution in [0.25, 0.3) is 0 Å². The largest absolute Gasteiger partial charge is 0.381 e. The predicted molar refractivity (Wildman–Crippen MR) is 81.2 cm³/mol. The maximum absolute atomic E-state index is 6.11. The number of hydrogen-bond donors (Lipinski definition) is 1. The molecule has 0 spiro atoms. The molecule has 18 heavy (non-hydrogen) atoms. The lowest BCUT2D eigenvalue weighted by molar-refractivity contribution is 0.129. The molecule has 0 unspecified atom stereocenters. The summed E-state index contributed by atoms with van der Waals surface area (Å²) in [6, 6.07) is 5.91. The number of nitrogens with one attached hydrogen (secondary N) is 1. The highest BCUT2D eigenvalue weighted by molar-refractivity contribution is 9.10. The summed E-state index contributed by atoms with van der Waals surface area (Å²) in [6.07, 6.45) is 3.38. The van der Waals surface area contributed by atoms with E-state index in [9.17, 15) is 0 Å². The number of benzene rings is 1. The van der Waals surface area contributed by atoms with E-state index in [1.54, 1.807) is 0 Å². The average molecular weight is 335 g/mol. The van der Waals surface area contributed by atoms with Gasteiger partial charge in [-0.3, -0.25) is 0 Å². The Labute approximate surface area is 123 Å². The summed E-state index contributed by atoms with van der Waals surface area (Å²) in [5, 5.41) is 4.19. The van der Waals surface area contributed by atoms with Crippen molar-refractivity contribution in [3.8, 4) is 0 Å². The third kappa shape index (κ3) is 6.74. The molecule has 0 heterocycles. The number of unbranched alkanes of at least 4 members (excludes halogenated alkanes) is 1. The molecular weight excluding hydrogens is 314 g/mol. The summed E-state index contributed by atoms with van der Waals surface area (Å²) in [7, 11) is 0. The van der Waals surface area contributed by atoms with Crippen molar-refractivity contribution in [1.82, 2.24) is 5.32 Å². The van der Waals surface area contributed by atoms with Gasteiger partial charge in [-0.25, -0.2) is 0 Å². The lowest BCUT2D eigenvalue weighted by atomic mass is 10.2. The normalized spacial score (nSPS) is 10.8. The third-order valence-corrected chi connectivity index (χ3v) is 3.47. The van der Waals surface area contributed by atoms with Crippen molar-refractivity contribution in [2.75, 3.05) is 19.8 Å². The van der Waals surface area contributed by atoms with Crippen LogP contribution in [-0.2, 0) is 11.3 Å². The summed E-state index contributed by atoms with van der Waals surface area (Å²) in [6.45, 7) is 5.64. The van der Waals surface area contributed by atoms with E-state index < -0.39 is 0 Å². The second-order valence-corrected chi connectivity index (χ2v) is 5.55. The van der Waals surface area contributed by atoms with E-state index >= 15 is 0 Å². The van der Waals surface area contributed by atoms with Crippen LogP contribution in [0.15, 0.2) is 22.7 Å². The Morgan fingerprint density at radius 1 is 1.28 bits per heavy atom. The minimum atomic E-state index is 0.799. The van der Waals surface area contributed by atoms with E-state index in [2.05, 4.69) is 28.2 Å². The molecule has 2 nitrogen and oxygen atoms in total. The molecule has 0 bridgehead atoms. The van der Waals surface area contributed by atoms with Gasteiger partial charge in [0.05, 0.1) is 0 Å². The molecule has 0 aliphatic rings. The molecule has 102 valence electrons. The van der Waals surface area contributed by atoms with Crippen LogP contribution in [0.2, 0.25) is 5.02 Å². The molecule has 1 aromatic carbocycles. The number of halogens is 2. The van der Waals surface area contributed by atoms with Gasteiger partial charge >= 0.3 is 0 Å². The topological polar surface area (TPSA) is 21.3 Å². The van der Waals surface area contributed by atoms with Crippen molar-refractivity contribution in [1.29, 1.82) is 0 Å². The standard InChI is InChI=1S/C14H21BrClNO/c1-2-3-8-18-9-4-7-17-11-12-10-13(15)5-6-14(12)16/h5-6,10,17H,2-4,7-9,11H2,1H3. The molecule has 0 aromatic heterocycles. The Morgan fingerprint density at radius 2 is 2.06 bits per heavy atom. The number of hydrogen-bond acceptors (Lipinski definition) is 2. The fourth-order valence-electron chi connectivity index (χ4n) is 1.55. The molecule has 0 amide bonds. The summed E-state index contributed by atoms with van der Waals surface area (Å²) >= 11 is 9.56. The van der Waals surface area contributed by atoms with Crippen LogP contribution in [0.3, 0.4) is 0 Å². The second kappa shape index (κ2) is 9.79. The molecule has 0 fully saturated rings. The van der Waals surface area contributed by atoms with Crippen molar-refractivity contribution in [3.63, 3.8) is 0 Å². The zero-order valence-corrected chi connectivity index (χ0v) is 13.2. The van der Waals surface area contributed by atoms with Crippen molar-refractivity contribution >= 4 is 27.5 Å². The minimum absolute atomic E-state index is 0.799. The summed E-state index contributed by atoms with van der Waals surface area (Å²) < 4.78 is 6.56. The molecule has 1 N–H and O–H groups in total. The lowest BCUT2D eigenvalue weighted by Crippen LogP contribution is -2.16. The summed E-state index contributed by atoms with van der Waals surface area (Å²) in [5.41, 5.74) is 1.12. The second-order valence-electron chi connectivity index (χ2n) is 4.23. The van der Waals surface area contributed by atoms with Gasteiger partial charge in [-0.05, 0) is 43.1 Å². The monoisotopic (exact) mass is 333 g/mol. The molecule has 4 heteroatoms. The highest BCUT2D eigenvalue weighted by atomic mass is 79.9. The molecule has 0 saturated carbocycles. The van der Waals surface area contributed by atoms with E-state index in [0.717, 1.165) is 54.2 Å². The van der Waals surface area contributed by atoms with Gasteiger partial charge in [-0.2, -0.15) is 0 Å². The fraction of sp³-hybridized carbons (Fsp3) is 0.571. The fourth-order valence-corrected chi connectivity index (χ4v) is 2.14. The van der Waals surface area contributed by atoms with Crippen LogP contribution in [0.5, 0.6) is 0 Å². The molecule has 0 saturated heterocycles. The van der Waals surface area contributed by atoms with E-state index in [1.807, 2.05) is 18.2 Å². The minimum Gasteiger partial charge on any atom is -0.381 e. The van der Waals surface area contributed by atoms with Crippen LogP contribution < -0.4 is 5.32 Å². The Kier molecular flexibility index (Phi) is 8.68. The lowest BCUT2D eigenvalue weighted by Gasteiger charge is -2.07. The van der Waals surface area contributed by atoms with Crippen LogP contribution in [0.4, 0.5) is 0 Å². The van der Waals surface area contributed by atoms with Crippen molar-refractivity contribution in [3.05, 3.63) is 33.3 Å². The van der Waals surface area contributed by atoms with Gasteiger partial charge in [0.25, 0.3) is 0 Å². The maximum atomic E-state index is 6.11. The summed E-state index contributed by atoms with van der Waals surface area (Å²) in [5.74, 6) is 0. The van der Waals surface area contributed by atoms with Crippen LogP contribution in [-0.4, -0.2) is 19.8 Å². The highest BCUT2D eigenvalue weighted by Crippen LogP contribution is 2.20. The van der Waals surface area contributed by atoms with Crippen LogP contribution >= 0.6 is 27.5 Å². The quantitative estimate of drug-likeness (QED) is 0.676. The molecule has 0 aliphatic carbocycles. The Hall–Kier alpha value is -0.0900. The first-order chi connectivity index (χ1) is 8.74. The molecular formula is C14H21BrClNO. The predicted octanol–water partition coefficient (Wildman–Crippen LogP) is 4.40. The maximum Gasteiger partial charge on any atom is 0.0478 e. The first-order valence-corrected chi connectivity index (χ1v) is 7.63. The van der Waals surface area contributed by atoms with Crippen molar-refractivity contribution in [2.45, 2.75) is 32.7 Å².